The third-order valence-corrected chi connectivity index (χ3v) is 3.23. The number of hydrogen-bond donors (Lipinski definition) is 3. The maximum atomic E-state index is 9.89. The standard InChI is InChI=1S/C16H19NO4/c1-10(16-14(18)5-4-6-15(16)19)17-11-7-12(20-2)9-13(8-11)21-3/h4-10,17-19H,1-3H3. The number of benzene rings is 2. The summed E-state index contributed by atoms with van der Waals surface area (Å²) in [5, 5.41) is 23.0. The van der Waals surface area contributed by atoms with Gasteiger partial charge in [-0.1, -0.05) is 6.07 Å². The van der Waals surface area contributed by atoms with Crippen LogP contribution in [0.4, 0.5) is 5.69 Å². The van der Waals surface area contributed by atoms with E-state index >= 15 is 0 Å². The van der Waals surface area contributed by atoms with Gasteiger partial charge in [-0.3, -0.25) is 0 Å². The summed E-state index contributed by atoms with van der Waals surface area (Å²) in [6.45, 7) is 1.85. The molecule has 21 heavy (non-hydrogen) atoms. The second kappa shape index (κ2) is 6.26. The van der Waals surface area contributed by atoms with Crippen LogP contribution < -0.4 is 14.8 Å². The summed E-state index contributed by atoms with van der Waals surface area (Å²) in [7, 11) is 3.16. The second-order valence-electron chi connectivity index (χ2n) is 4.68. The molecule has 0 saturated carbocycles. The van der Waals surface area contributed by atoms with Crippen LogP contribution in [0.3, 0.4) is 0 Å². The van der Waals surface area contributed by atoms with Crippen LogP contribution in [-0.2, 0) is 0 Å². The summed E-state index contributed by atoms with van der Waals surface area (Å²) < 4.78 is 10.4. The first kappa shape index (κ1) is 14.8. The number of rotatable bonds is 5. The predicted octanol–water partition coefficient (Wildman–Crippen LogP) is 3.29. The topological polar surface area (TPSA) is 71.0 Å². The molecule has 2 rings (SSSR count). The highest BCUT2D eigenvalue weighted by atomic mass is 16.5. The Morgan fingerprint density at radius 1 is 0.952 bits per heavy atom. The molecule has 3 N–H and O–H groups in total. The minimum absolute atomic E-state index is 0.0462. The van der Waals surface area contributed by atoms with Gasteiger partial charge in [0.25, 0.3) is 0 Å². The molecule has 2 aromatic carbocycles. The van der Waals surface area contributed by atoms with Crippen molar-refractivity contribution in [1.82, 2.24) is 0 Å². The van der Waals surface area contributed by atoms with Crippen LogP contribution in [0.5, 0.6) is 23.0 Å². The molecular formula is C16H19NO4. The van der Waals surface area contributed by atoms with Crippen molar-refractivity contribution in [2.24, 2.45) is 0 Å². The van der Waals surface area contributed by atoms with Gasteiger partial charge in [0, 0.05) is 23.9 Å². The normalized spacial score (nSPS) is 11.8. The predicted molar refractivity (Wildman–Crippen MR) is 81.4 cm³/mol. The van der Waals surface area contributed by atoms with Gasteiger partial charge in [0.1, 0.15) is 23.0 Å². The van der Waals surface area contributed by atoms with Crippen LogP contribution in [0.25, 0.3) is 0 Å². The van der Waals surface area contributed by atoms with Crippen LogP contribution in [0.2, 0.25) is 0 Å². The molecule has 0 aliphatic rings. The van der Waals surface area contributed by atoms with Crippen LogP contribution >= 0.6 is 0 Å². The van der Waals surface area contributed by atoms with E-state index in [2.05, 4.69) is 5.32 Å². The Balaban J connectivity index is 2.29. The van der Waals surface area contributed by atoms with Gasteiger partial charge in [0.15, 0.2) is 0 Å². The summed E-state index contributed by atoms with van der Waals surface area (Å²) in [5.74, 6) is 1.41. The lowest BCUT2D eigenvalue weighted by Crippen LogP contribution is -2.07. The molecule has 0 spiro atoms. The number of anilines is 1. The molecule has 0 heterocycles. The molecule has 0 radical (unpaired) electrons. The summed E-state index contributed by atoms with van der Waals surface area (Å²) in [5.41, 5.74) is 1.21. The summed E-state index contributed by atoms with van der Waals surface area (Å²) in [6.07, 6.45) is 0. The van der Waals surface area contributed by atoms with Crippen molar-refractivity contribution in [2.75, 3.05) is 19.5 Å². The molecule has 0 amide bonds. The number of nitrogens with one attached hydrogen (secondary N) is 1. The number of aromatic hydroxyl groups is 2. The zero-order chi connectivity index (χ0) is 15.4. The lowest BCUT2D eigenvalue weighted by molar-refractivity contribution is 0.394. The minimum Gasteiger partial charge on any atom is -0.507 e. The van der Waals surface area contributed by atoms with Crippen molar-refractivity contribution in [1.29, 1.82) is 0 Å². The third-order valence-electron chi connectivity index (χ3n) is 3.23. The van der Waals surface area contributed by atoms with Gasteiger partial charge >= 0.3 is 0 Å². The molecule has 0 aliphatic heterocycles. The average molecular weight is 289 g/mol. The highest BCUT2D eigenvalue weighted by Crippen LogP contribution is 2.35. The average Bonchev–Trinajstić information content (AvgIpc) is 2.46. The highest BCUT2D eigenvalue weighted by molar-refractivity contribution is 5.56. The van der Waals surface area contributed by atoms with E-state index < -0.39 is 0 Å². The van der Waals surface area contributed by atoms with Crippen molar-refractivity contribution < 1.29 is 19.7 Å². The molecule has 0 aromatic heterocycles. The van der Waals surface area contributed by atoms with Gasteiger partial charge in [-0.2, -0.15) is 0 Å². The summed E-state index contributed by atoms with van der Waals surface area (Å²) >= 11 is 0. The molecule has 0 aliphatic carbocycles. The van der Waals surface area contributed by atoms with Crippen molar-refractivity contribution in [3.63, 3.8) is 0 Å². The first-order chi connectivity index (χ1) is 10.0. The molecule has 5 nitrogen and oxygen atoms in total. The molecule has 1 unspecified atom stereocenters. The zero-order valence-corrected chi connectivity index (χ0v) is 12.3. The van der Waals surface area contributed by atoms with Crippen molar-refractivity contribution >= 4 is 5.69 Å². The SMILES string of the molecule is COc1cc(NC(C)c2c(O)cccc2O)cc(OC)c1. The van der Waals surface area contributed by atoms with Gasteiger partial charge in [0.05, 0.1) is 25.8 Å². The van der Waals surface area contributed by atoms with Gasteiger partial charge in [0.2, 0.25) is 0 Å². The Morgan fingerprint density at radius 2 is 1.48 bits per heavy atom. The van der Waals surface area contributed by atoms with E-state index in [1.807, 2.05) is 19.1 Å². The fourth-order valence-corrected chi connectivity index (χ4v) is 2.20. The number of methoxy groups -OCH3 is 2. The Kier molecular flexibility index (Phi) is 4.42. The first-order valence-corrected chi connectivity index (χ1v) is 6.55. The van der Waals surface area contributed by atoms with E-state index in [4.69, 9.17) is 9.47 Å². The second-order valence-corrected chi connectivity index (χ2v) is 4.68. The molecule has 0 fully saturated rings. The van der Waals surface area contributed by atoms with Crippen LogP contribution in [0.1, 0.15) is 18.5 Å². The van der Waals surface area contributed by atoms with E-state index in [0.717, 1.165) is 5.69 Å². The monoisotopic (exact) mass is 289 g/mol. The number of phenolic OH excluding ortho intramolecular Hbond substituents is 2. The quantitative estimate of drug-likeness (QED) is 0.788. The minimum atomic E-state index is -0.289. The van der Waals surface area contributed by atoms with Crippen molar-refractivity contribution in [3.8, 4) is 23.0 Å². The zero-order valence-electron chi connectivity index (χ0n) is 12.3. The third kappa shape index (κ3) is 3.31. The summed E-state index contributed by atoms with van der Waals surface area (Å²) in [6, 6.07) is 9.79. The maximum absolute atomic E-state index is 9.89. The largest absolute Gasteiger partial charge is 0.507 e. The molecule has 1 atom stereocenters. The van der Waals surface area contributed by atoms with E-state index in [1.165, 1.54) is 0 Å². The van der Waals surface area contributed by atoms with Crippen LogP contribution in [0.15, 0.2) is 36.4 Å². The molecule has 0 saturated heterocycles. The highest BCUT2D eigenvalue weighted by Gasteiger charge is 2.15. The van der Waals surface area contributed by atoms with Crippen molar-refractivity contribution in [3.05, 3.63) is 42.0 Å². The van der Waals surface area contributed by atoms with Gasteiger partial charge in [-0.25, -0.2) is 0 Å². The Morgan fingerprint density at radius 3 is 1.95 bits per heavy atom. The van der Waals surface area contributed by atoms with Gasteiger partial charge in [-0.05, 0) is 19.1 Å². The Labute approximate surface area is 123 Å². The Bertz CT molecular complexity index is 585. The summed E-state index contributed by atoms with van der Waals surface area (Å²) in [4.78, 5) is 0. The molecular weight excluding hydrogens is 270 g/mol. The van der Waals surface area contributed by atoms with Crippen LogP contribution in [0, 0.1) is 0 Å². The van der Waals surface area contributed by atoms with Gasteiger partial charge in [-0.15, -0.1) is 0 Å². The van der Waals surface area contributed by atoms with E-state index in [-0.39, 0.29) is 17.5 Å². The van der Waals surface area contributed by atoms with Crippen LogP contribution in [-0.4, -0.2) is 24.4 Å². The molecule has 0 bridgehead atoms. The Hall–Kier alpha value is -2.56. The lowest BCUT2D eigenvalue weighted by Gasteiger charge is -2.19. The fraction of sp³-hybridized carbons (Fsp3) is 0.250. The van der Waals surface area contributed by atoms with E-state index in [0.29, 0.717) is 17.1 Å². The number of hydrogen-bond acceptors (Lipinski definition) is 5. The fourth-order valence-electron chi connectivity index (χ4n) is 2.20. The molecule has 2 aromatic rings. The first-order valence-electron chi connectivity index (χ1n) is 6.55. The van der Waals surface area contributed by atoms with Crippen molar-refractivity contribution in [2.45, 2.75) is 13.0 Å². The smallest absolute Gasteiger partial charge is 0.124 e. The molecule has 112 valence electrons. The van der Waals surface area contributed by atoms with E-state index in [9.17, 15) is 10.2 Å². The maximum Gasteiger partial charge on any atom is 0.124 e. The molecule has 5 heteroatoms. The number of phenols is 2. The van der Waals surface area contributed by atoms with E-state index in [1.54, 1.807) is 38.5 Å². The lowest BCUT2D eigenvalue weighted by atomic mass is 10.1. The van der Waals surface area contributed by atoms with Gasteiger partial charge < -0.3 is 25.0 Å². The number of ether oxygens (including phenoxy) is 2.